The van der Waals surface area contributed by atoms with Crippen LogP contribution in [0.1, 0.15) is 64.3 Å². The molecule has 0 spiro atoms. The molecule has 320 valence electrons. The van der Waals surface area contributed by atoms with Crippen LogP contribution in [-0.4, -0.2) is 89.3 Å². The Balaban J connectivity index is 0.743. The Morgan fingerprint density at radius 1 is 0.790 bits per heavy atom. The zero-order valence-corrected chi connectivity index (χ0v) is 34.8. The van der Waals surface area contributed by atoms with Crippen LogP contribution in [0.2, 0.25) is 5.02 Å². The van der Waals surface area contributed by atoms with Gasteiger partial charge in [-0.1, -0.05) is 41.9 Å². The Kier molecular flexibility index (Phi) is 13.3. The van der Waals surface area contributed by atoms with Crippen LogP contribution in [0.25, 0.3) is 0 Å². The fourth-order valence-electron chi connectivity index (χ4n) is 8.03. The number of hydrogen-bond acceptors (Lipinski definition) is 11. The van der Waals surface area contributed by atoms with Gasteiger partial charge in [0.15, 0.2) is 11.6 Å². The fraction of sp³-hybridized carbons (Fsp3) is 0.304. The first kappa shape index (κ1) is 42.3. The van der Waals surface area contributed by atoms with E-state index in [9.17, 15) is 23.6 Å². The quantitative estimate of drug-likeness (QED) is 0.0768. The van der Waals surface area contributed by atoms with Crippen molar-refractivity contribution >= 4 is 69.7 Å². The molecule has 3 aliphatic heterocycles. The number of carbonyl (C=O) groups excluding carboxylic acids is 4. The van der Waals surface area contributed by atoms with Gasteiger partial charge in [-0.25, -0.2) is 14.4 Å². The molecule has 4 amide bonds. The van der Waals surface area contributed by atoms with Gasteiger partial charge in [-0.3, -0.25) is 34.8 Å². The Hall–Kier alpha value is -6.42. The third kappa shape index (κ3) is 10.7. The lowest BCUT2D eigenvalue weighted by atomic mass is 9.90. The number of nitrogens with one attached hydrogen (secondary N) is 5. The van der Waals surface area contributed by atoms with E-state index in [4.69, 9.17) is 11.6 Å². The maximum Gasteiger partial charge on any atom is 0.265 e. The first-order valence-corrected chi connectivity index (χ1v) is 21.3. The van der Waals surface area contributed by atoms with Crippen molar-refractivity contribution in [3.63, 3.8) is 0 Å². The molecule has 4 aromatic carbocycles. The molecule has 3 aliphatic rings. The number of halogens is 2. The van der Waals surface area contributed by atoms with Gasteiger partial charge in [0.05, 0.1) is 22.8 Å². The van der Waals surface area contributed by atoms with E-state index in [1.165, 1.54) is 0 Å². The van der Waals surface area contributed by atoms with Crippen molar-refractivity contribution in [2.45, 2.75) is 38.0 Å². The molecule has 4 heterocycles. The smallest absolute Gasteiger partial charge is 0.265 e. The van der Waals surface area contributed by atoms with Gasteiger partial charge in [0, 0.05) is 73.9 Å². The second-order valence-corrected chi connectivity index (χ2v) is 16.2. The molecule has 14 nitrogen and oxygen atoms in total. The van der Waals surface area contributed by atoms with E-state index < -0.39 is 5.82 Å². The molecule has 3 saturated heterocycles. The average Bonchev–Trinajstić information content (AvgIpc) is 3.29. The van der Waals surface area contributed by atoms with Crippen molar-refractivity contribution < 1.29 is 23.6 Å². The van der Waals surface area contributed by atoms with Crippen molar-refractivity contribution in [1.29, 1.82) is 0 Å². The highest BCUT2D eigenvalue weighted by atomic mass is 35.5. The van der Waals surface area contributed by atoms with Crippen LogP contribution in [0.3, 0.4) is 0 Å². The molecular formula is C46H48ClFN10O4. The molecule has 5 aromatic rings. The predicted molar refractivity (Wildman–Crippen MR) is 237 cm³/mol. The van der Waals surface area contributed by atoms with Gasteiger partial charge in [0.25, 0.3) is 11.8 Å². The van der Waals surface area contributed by atoms with Crippen LogP contribution in [-0.2, 0) is 9.59 Å². The van der Waals surface area contributed by atoms with Crippen LogP contribution in [0.5, 0.6) is 0 Å². The maximum absolute atomic E-state index is 14.8. The SMILES string of the molecule is O=C1CCC(c2ccc(N3CCN(CCC4CCN(NC(=O)c5ccc(Nc6ncc(F)c(Nc7ccc(NC(=O)c8ccccc8)c(Cl)c7)n6)cc5)CC4)CC3)cc2)C(=O)N1. The largest absolute Gasteiger partial charge is 0.369 e. The van der Waals surface area contributed by atoms with E-state index in [1.54, 1.807) is 66.7 Å². The molecule has 1 unspecified atom stereocenters. The number of hydrazine groups is 1. The minimum absolute atomic E-state index is 0.0770. The number of amides is 4. The molecule has 8 rings (SSSR count). The highest BCUT2D eigenvalue weighted by Gasteiger charge is 2.28. The Labute approximate surface area is 364 Å². The summed E-state index contributed by atoms with van der Waals surface area (Å²) < 4.78 is 14.8. The molecule has 3 fully saturated rings. The zero-order chi connectivity index (χ0) is 43.0. The molecule has 0 bridgehead atoms. The summed E-state index contributed by atoms with van der Waals surface area (Å²) in [6.45, 7) is 6.53. The minimum Gasteiger partial charge on any atom is -0.369 e. The van der Waals surface area contributed by atoms with Gasteiger partial charge >= 0.3 is 0 Å². The van der Waals surface area contributed by atoms with E-state index >= 15 is 0 Å². The molecule has 1 aromatic heterocycles. The lowest BCUT2D eigenvalue weighted by Crippen LogP contribution is -2.48. The lowest BCUT2D eigenvalue weighted by Gasteiger charge is -2.37. The molecule has 0 radical (unpaired) electrons. The van der Waals surface area contributed by atoms with Crippen LogP contribution in [0, 0.1) is 11.7 Å². The lowest BCUT2D eigenvalue weighted by molar-refractivity contribution is -0.134. The summed E-state index contributed by atoms with van der Waals surface area (Å²) in [5.74, 6) is -1.16. The number of benzene rings is 4. The van der Waals surface area contributed by atoms with Gasteiger partial charge in [0.2, 0.25) is 17.8 Å². The summed E-state index contributed by atoms with van der Waals surface area (Å²) in [6, 6.07) is 28.7. The third-order valence-corrected chi connectivity index (χ3v) is 12.0. The Morgan fingerprint density at radius 2 is 1.50 bits per heavy atom. The number of rotatable bonds is 13. The van der Waals surface area contributed by atoms with Crippen molar-refractivity contribution in [2.24, 2.45) is 5.92 Å². The number of nitrogens with zero attached hydrogens (tertiary/aromatic N) is 5. The summed E-state index contributed by atoms with van der Waals surface area (Å²) in [5.41, 5.74) is 7.64. The van der Waals surface area contributed by atoms with E-state index in [2.05, 4.69) is 58.6 Å². The molecule has 16 heteroatoms. The van der Waals surface area contributed by atoms with Crippen LogP contribution in [0.4, 0.5) is 38.9 Å². The predicted octanol–water partition coefficient (Wildman–Crippen LogP) is 7.10. The fourth-order valence-corrected chi connectivity index (χ4v) is 8.26. The van der Waals surface area contributed by atoms with Crippen molar-refractivity contribution in [3.05, 3.63) is 131 Å². The molecule has 62 heavy (non-hydrogen) atoms. The summed E-state index contributed by atoms with van der Waals surface area (Å²) in [4.78, 5) is 62.8. The third-order valence-electron chi connectivity index (χ3n) is 11.7. The number of anilines is 6. The second kappa shape index (κ2) is 19.5. The van der Waals surface area contributed by atoms with Gasteiger partial charge < -0.3 is 20.9 Å². The van der Waals surface area contributed by atoms with Crippen LogP contribution < -0.4 is 31.6 Å². The van der Waals surface area contributed by atoms with E-state index in [1.807, 2.05) is 23.2 Å². The molecule has 1 atom stereocenters. The highest BCUT2D eigenvalue weighted by molar-refractivity contribution is 6.34. The number of hydrogen-bond donors (Lipinski definition) is 5. The monoisotopic (exact) mass is 858 g/mol. The van der Waals surface area contributed by atoms with Crippen molar-refractivity contribution in [1.82, 2.24) is 30.6 Å². The molecule has 0 aliphatic carbocycles. The Morgan fingerprint density at radius 3 is 2.21 bits per heavy atom. The Bertz CT molecular complexity index is 2390. The van der Waals surface area contributed by atoms with Gasteiger partial charge in [-0.15, -0.1) is 0 Å². The van der Waals surface area contributed by atoms with Crippen molar-refractivity contribution in [2.75, 3.05) is 66.7 Å². The topological polar surface area (TPSA) is 164 Å². The van der Waals surface area contributed by atoms with E-state index in [0.717, 1.165) is 82.5 Å². The minimum atomic E-state index is -0.673. The number of imide groups is 1. The van der Waals surface area contributed by atoms with Crippen molar-refractivity contribution in [3.8, 4) is 0 Å². The standard InChI is InChI=1S/C46H48ClFN10O4/c47-38-28-35(12-16-40(38)52-43(60)32-4-2-1-3-5-32)50-42-39(48)29-49-46(54-42)51-34-10-6-33(7-11-34)44(61)55-58-22-19-30(20-23-58)18-21-56-24-26-57(27-25-56)36-13-8-31(9-14-36)37-15-17-41(59)53-45(37)62/h1-14,16,28-30,37H,15,17-27H2,(H,52,60)(H,55,61)(H,53,59,62)(H2,49,50,51,54). The number of aromatic nitrogens is 2. The molecular weight excluding hydrogens is 811 g/mol. The van der Waals surface area contributed by atoms with Gasteiger partial charge in [0.1, 0.15) is 0 Å². The maximum atomic E-state index is 14.8. The number of carbonyl (C=O) groups is 4. The second-order valence-electron chi connectivity index (χ2n) is 15.8. The summed E-state index contributed by atoms with van der Waals surface area (Å²) in [5, 5.41) is 13.5. The van der Waals surface area contributed by atoms with Crippen LogP contribution in [0.15, 0.2) is 103 Å². The first-order valence-electron chi connectivity index (χ1n) is 20.9. The van der Waals surface area contributed by atoms with Crippen LogP contribution >= 0.6 is 11.6 Å². The normalized spacial score (nSPS) is 17.6. The number of piperazine rings is 1. The van der Waals surface area contributed by atoms with E-state index in [-0.39, 0.29) is 46.3 Å². The van der Waals surface area contributed by atoms with E-state index in [0.29, 0.717) is 46.9 Å². The molecule has 5 N–H and O–H groups in total. The summed E-state index contributed by atoms with van der Waals surface area (Å²) >= 11 is 6.44. The van der Waals surface area contributed by atoms with Gasteiger partial charge in [-0.2, -0.15) is 4.98 Å². The zero-order valence-electron chi connectivity index (χ0n) is 34.1. The average molecular weight is 859 g/mol. The number of piperidine rings is 2. The summed E-state index contributed by atoms with van der Waals surface area (Å²) in [7, 11) is 0. The summed E-state index contributed by atoms with van der Waals surface area (Å²) in [6.07, 6.45) is 5.15. The molecule has 0 saturated carbocycles. The highest BCUT2D eigenvalue weighted by Crippen LogP contribution is 2.30. The first-order chi connectivity index (χ1) is 30.1. The van der Waals surface area contributed by atoms with Gasteiger partial charge in [-0.05, 0) is 110 Å².